The molecule has 0 aliphatic carbocycles. The number of amides is 2. The summed E-state index contributed by atoms with van der Waals surface area (Å²) in [5.41, 5.74) is 1.86. The van der Waals surface area contributed by atoms with E-state index in [1.165, 1.54) is 13.0 Å². The smallest absolute Gasteiger partial charge is 0.244 e. The third-order valence-corrected chi connectivity index (χ3v) is 3.54. The zero-order chi connectivity index (χ0) is 17.7. The van der Waals surface area contributed by atoms with Crippen molar-refractivity contribution in [2.24, 2.45) is 0 Å². The molecule has 2 aromatic carbocycles. The largest absolute Gasteiger partial charge is 0.325 e. The fourth-order valence-corrected chi connectivity index (χ4v) is 2.21. The summed E-state index contributed by atoms with van der Waals surface area (Å²) in [6, 6.07) is 10.4. The maximum atomic E-state index is 13.3. The van der Waals surface area contributed by atoms with Gasteiger partial charge >= 0.3 is 0 Å². The maximum absolute atomic E-state index is 13.3. The number of nitrogens with zero attached hydrogens (tertiary/aromatic N) is 1. The standard InChI is InChI=1S/C18H18F2N2O2/c1-3-13-4-6-14(7-5-13)21-18(24)11-22(12(2)23)15-8-9-16(19)17(20)10-15/h4-10H,3,11H2,1-2H3,(H,21,24). The van der Waals surface area contributed by atoms with Gasteiger partial charge in [0.25, 0.3) is 0 Å². The quantitative estimate of drug-likeness (QED) is 0.911. The van der Waals surface area contributed by atoms with Gasteiger partial charge in [-0.25, -0.2) is 8.78 Å². The van der Waals surface area contributed by atoms with Gasteiger partial charge in [-0.2, -0.15) is 0 Å². The van der Waals surface area contributed by atoms with Crippen LogP contribution in [0.3, 0.4) is 0 Å². The summed E-state index contributed by atoms with van der Waals surface area (Å²) in [5.74, 6) is -2.96. The van der Waals surface area contributed by atoms with Gasteiger partial charge < -0.3 is 10.2 Å². The van der Waals surface area contributed by atoms with Crippen LogP contribution in [0.15, 0.2) is 42.5 Å². The minimum Gasteiger partial charge on any atom is -0.325 e. The lowest BCUT2D eigenvalue weighted by Gasteiger charge is -2.21. The molecule has 0 bridgehead atoms. The molecule has 6 heteroatoms. The van der Waals surface area contributed by atoms with Crippen LogP contribution >= 0.6 is 0 Å². The van der Waals surface area contributed by atoms with Gasteiger partial charge in [-0.05, 0) is 36.2 Å². The topological polar surface area (TPSA) is 49.4 Å². The first-order valence-corrected chi connectivity index (χ1v) is 7.52. The van der Waals surface area contributed by atoms with Crippen LogP contribution in [-0.4, -0.2) is 18.4 Å². The maximum Gasteiger partial charge on any atom is 0.244 e. The van der Waals surface area contributed by atoms with Crippen molar-refractivity contribution in [3.63, 3.8) is 0 Å². The Labute approximate surface area is 139 Å². The highest BCUT2D eigenvalue weighted by molar-refractivity contribution is 6.01. The first kappa shape index (κ1) is 17.6. The van der Waals surface area contributed by atoms with Crippen molar-refractivity contribution in [1.29, 1.82) is 0 Å². The van der Waals surface area contributed by atoms with Gasteiger partial charge in [0, 0.05) is 24.4 Å². The minimum atomic E-state index is -1.07. The van der Waals surface area contributed by atoms with Gasteiger partial charge in [-0.1, -0.05) is 19.1 Å². The average Bonchev–Trinajstić information content (AvgIpc) is 2.56. The number of anilines is 2. The summed E-state index contributed by atoms with van der Waals surface area (Å²) < 4.78 is 26.4. The third-order valence-electron chi connectivity index (χ3n) is 3.54. The molecule has 0 saturated heterocycles. The molecule has 1 N–H and O–H groups in total. The van der Waals surface area contributed by atoms with Crippen LogP contribution in [-0.2, 0) is 16.0 Å². The summed E-state index contributed by atoms with van der Waals surface area (Å²) in [4.78, 5) is 25.0. The van der Waals surface area contributed by atoms with Gasteiger partial charge in [0.05, 0.1) is 0 Å². The van der Waals surface area contributed by atoms with Gasteiger partial charge in [0.2, 0.25) is 11.8 Å². The monoisotopic (exact) mass is 332 g/mol. The fourth-order valence-electron chi connectivity index (χ4n) is 2.21. The minimum absolute atomic E-state index is 0.123. The molecule has 0 unspecified atom stereocenters. The number of nitrogens with one attached hydrogen (secondary N) is 1. The first-order valence-electron chi connectivity index (χ1n) is 7.52. The Morgan fingerprint density at radius 2 is 1.71 bits per heavy atom. The molecule has 0 radical (unpaired) electrons. The van der Waals surface area contributed by atoms with Crippen molar-refractivity contribution in [2.45, 2.75) is 20.3 Å². The van der Waals surface area contributed by atoms with E-state index in [9.17, 15) is 18.4 Å². The van der Waals surface area contributed by atoms with E-state index in [4.69, 9.17) is 0 Å². The molecule has 2 aromatic rings. The second-order valence-electron chi connectivity index (χ2n) is 5.30. The molecule has 2 rings (SSSR count). The Balaban J connectivity index is 2.10. The zero-order valence-electron chi connectivity index (χ0n) is 13.5. The van der Waals surface area contributed by atoms with Crippen LogP contribution in [0.4, 0.5) is 20.2 Å². The summed E-state index contributed by atoms with van der Waals surface area (Å²) in [7, 11) is 0. The number of hydrogen-bond acceptors (Lipinski definition) is 2. The van der Waals surface area contributed by atoms with Gasteiger partial charge in [-0.15, -0.1) is 0 Å². The van der Waals surface area contributed by atoms with Crippen LogP contribution in [0.25, 0.3) is 0 Å². The highest BCUT2D eigenvalue weighted by atomic mass is 19.2. The molecule has 0 heterocycles. The Morgan fingerprint density at radius 1 is 1.04 bits per heavy atom. The van der Waals surface area contributed by atoms with E-state index in [0.717, 1.165) is 29.0 Å². The third kappa shape index (κ3) is 4.38. The van der Waals surface area contributed by atoms with E-state index in [2.05, 4.69) is 5.32 Å². The van der Waals surface area contributed by atoms with Gasteiger partial charge in [0.15, 0.2) is 11.6 Å². The Kier molecular flexibility index (Phi) is 5.63. The van der Waals surface area contributed by atoms with Crippen molar-refractivity contribution < 1.29 is 18.4 Å². The molecule has 0 saturated carbocycles. The van der Waals surface area contributed by atoms with Crippen LogP contribution in [0.2, 0.25) is 0 Å². The van der Waals surface area contributed by atoms with Crippen molar-refractivity contribution in [3.8, 4) is 0 Å². The number of aryl methyl sites for hydroxylation is 1. The number of rotatable bonds is 5. The molecule has 0 aliphatic heterocycles. The lowest BCUT2D eigenvalue weighted by molar-refractivity contribution is -0.120. The molecular weight excluding hydrogens is 314 g/mol. The molecule has 24 heavy (non-hydrogen) atoms. The van der Waals surface area contributed by atoms with Crippen molar-refractivity contribution in [1.82, 2.24) is 0 Å². The highest BCUT2D eigenvalue weighted by Gasteiger charge is 2.17. The summed E-state index contributed by atoms with van der Waals surface area (Å²) >= 11 is 0. The number of carbonyl (C=O) groups excluding carboxylic acids is 2. The summed E-state index contributed by atoms with van der Waals surface area (Å²) in [6.07, 6.45) is 0.891. The van der Waals surface area contributed by atoms with Crippen molar-refractivity contribution >= 4 is 23.2 Å². The van der Waals surface area contributed by atoms with Crippen LogP contribution in [0.5, 0.6) is 0 Å². The van der Waals surface area contributed by atoms with Crippen molar-refractivity contribution in [2.75, 3.05) is 16.8 Å². The highest BCUT2D eigenvalue weighted by Crippen LogP contribution is 2.18. The molecular formula is C18H18F2N2O2. The fraction of sp³-hybridized carbons (Fsp3) is 0.222. The van der Waals surface area contributed by atoms with E-state index < -0.39 is 23.4 Å². The molecule has 0 spiro atoms. The molecule has 0 fully saturated rings. The second-order valence-corrected chi connectivity index (χ2v) is 5.30. The Morgan fingerprint density at radius 3 is 2.25 bits per heavy atom. The van der Waals surface area contributed by atoms with Gasteiger partial charge in [0.1, 0.15) is 6.54 Å². The lowest BCUT2D eigenvalue weighted by atomic mass is 10.1. The normalized spacial score (nSPS) is 10.3. The van der Waals surface area contributed by atoms with E-state index in [-0.39, 0.29) is 12.2 Å². The van der Waals surface area contributed by atoms with E-state index in [1.807, 2.05) is 19.1 Å². The molecule has 0 aliphatic rings. The van der Waals surface area contributed by atoms with Crippen molar-refractivity contribution in [3.05, 3.63) is 59.7 Å². The van der Waals surface area contributed by atoms with Gasteiger partial charge in [-0.3, -0.25) is 9.59 Å². The molecule has 4 nitrogen and oxygen atoms in total. The predicted octanol–water partition coefficient (Wildman–Crippen LogP) is 3.52. The van der Waals surface area contributed by atoms with E-state index >= 15 is 0 Å². The average molecular weight is 332 g/mol. The zero-order valence-corrected chi connectivity index (χ0v) is 13.5. The number of halogens is 2. The van der Waals surface area contributed by atoms with Crippen LogP contribution < -0.4 is 10.2 Å². The Hall–Kier alpha value is -2.76. The number of hydrogen-bond donors (Lipinski definition) is 1. The molecule has 2 amide bonds. The second kappa shape index (κ2) is 7.68. The van der Waals surface area contributed by atoms with Crippen LogP contribution in [0.1, 0.15) is 19.4 Å². The first-order chi connectivity index (χ1) is 11.4. The molecule has 0 atom stereocenters. The van der Waals surface area contributed by atoms with Crippen LogP contribution in [0, 0.1) is 11.6 Å². The number of benzene rings is 2. The summed E-state index contributed by atoms with van der Waals surface area (Å²) in [5, 5.41) is 2.67. The SMILES string of the molecule is CCc1ccc(NC(=O)CN(C(C)=O)c2ccc(F)c(F)c2)cc1. The Bertz CT molecular complexity index is 745. The predicted molar refractivity (Wildman–Crippen MR) is 88.8 cm³/mol. The van der Waals surface area contributed by atoms with E-state index in [1.54, 1.807) is 12.1 Å². The molecule has 0 aromatic heterocycles. The molecule has 126 valence electrons. The number of carbonyl (C=O) groups is 2. The summed E-state index contributed by atoms with van der Waals surface area (Å²) in [6.45, 7) is 2.99. The van der Waals surface area contributed by atoms with E-state index in [0.29, 0.717) is 5.69 Å². The lowest BCUT2D eigenvalue weighted by Crippen LogP contribution is -2.36.